The van der Waals surface area contributed by atoms with Crippen molar-refractivity contribution in [2.75, 3.05) is 11.9 Å². The van der Waals surface area contributed by atoms with Crippen LogP contribution in [0, 0.1) is 0 Å². The number of anilines is 1. The first-order valence-corrected chi connectivity index (χ1v) is 8.73. The summed E-state index contributed by atoms with van der Waals surface area (Å²) in [5, 5.41) is 16.9. The third kappa shape index (κ3) is 3.21. The molecule has 0 radical (unpaired) electrons. The summed E-state index contributed by atoms with van der Waals surface area (Å²) in [5.74, 6) is 0. The molecule has 0 fully saturated rings. The first-order valence-electron chi connectivity index (χ1n) is 8.36. The van der Waals surface area contributed by atoms with Crippen molar-refractivity contribution in [2.45, 2.75) is 12.6 Å². The van der Waals surface area contributed by atoms with Gasteiger partial charge in [0.25, 0.3) is 0 Å². The van der Waals surface area contributed by atoms with Crippen molar-refractivity contribution in [1.29, 1.82) is 0 Å². The largest absolute Gasteiger partial charge is 0.389 e. The molecule has 0 unspecified atom stereocenters. The number of rotatable bonds is 5. The Kier molecular flexibility index (Phi) is 4.35. The Labute approximate surface area is 151 Å². The predicted molar refractivity (Wildman–Crippen MR) is 105 cm³/mol. The molecule has 0 saturated carbocycles. The molecule has 0 saturated heterocycles. The molecule has 4 rings (SSSR count). The third-order valence-electron chi connectivity index (χ3n) is 4.44. The monoisotopic (exact) mass is 350 g/mol. The number of nitrogens with one attached hydrogen (secondary N) is 1. The van der Waals surface area contributed by atoms with E-state index < -0.39 is 6.10 Å². The van der Waals surface area contributed by atoms with Crippen molar-refractivity contribution in [3.05, 3.63) is 77.8 Å². The van der Waals surface area contributed by atoms with Gasteiger partial charge in [0.15, 0.2) is 0 Å². The van der Waals surface area contributed by atoms with Gasteiger partial charge in [0.05, 0.1) is 12.6 Å². The highest BCUT2D eigenvalue weighted by Crippen LogP contribution is 2.28. The molecule has 0 amide bonds. The second-order valence-corrected chi connectivity index (χ2v) is 6.63. The number of benzene rings is 3. The van der Waals surface area contributed by atoms with Gasteiger partial charge in [0.2, 0.25) is 0 Å². The zero-order chi connectivity index (χ0) is 17.2. The Morgan fingerprint density at radius 1 is 0.880 bits per heavy atom. The number of para-hydroxylation sites is 2. The van der Waals surface area contributed by atoms with Crippen LogP contribution in [0.3, 0.4) is 0 Å². The number of nitrogens with zero attached hydrogens (tertiary/aromatic N) is 1. The van der Waals surface area contributed by atoms with Gasteiger partial charge in [-0.15, -0.1) is 0 Å². The van der Waals surface area contributed by atoms with Gasteiger partial charge >= 0.3 is 0 Å². The minimum atomic E-state index is -0.516. The van der Waals surface area contributed by atoms with E-state index in [1.165, 1.54) is 10.8 Å². The van der Waals surface area contributed by atoms with Gasteiger partial charge < -0.3 is 15.0 Å². The molecule has 1 aromatic heterocycles. The number of aromatic nitrogens is 1. The highest BCUT2D eigenvalue weighted by molar-refractivity contribution is 6.30. The quantitative estimate of drug-likeness (QED) is 0.536. The second-order valence-electron chi connectivity index (χ2n) is 6.19. The minimum absolute atomic E-state index is 0.460. The summed E-state index contributed by atoms with van der Waals surface area (Å²) in [6.07, 6.45) is -0.516. The summed E-state index contributed by atoms with van der Waals surface area (Å²) >= 11 is 6.00. The fraction of sp³-hybridized carbons (Fsp3) is 0.143. The van der Waals surface area contributed by atoms with Crippen LogP contribution in [0.5, 0.6) is 0 Å². The topological polar surface area (TPSA) is 37.2 Å². The van der Waals surface area contributed by atoms with E-state index in [1.807, 2.05) is 36.4 Å². The van der Waals surface area contributed by atoms with Crippen LogP contribution in [0.15, 0.2) is 72.8 Å². The molecule has 2 N–H and O–H groups in total. The zero-order valence-electron chi connectivity index (χ0n) is 13.7. The predicted octanol–water partition coefficient (Wildman–Crippen LogP) is 4.92. The third-order valence-corrected chi connectivity index (χ3v) is 4.67. The molecule has 4 aromatic rings. The van der Waals surface area contributed by atoms with Gasteiger partial charge in [-0.25, -0.2) is 0 Å². The lowest BCUT2D eigenvalue weighted by Gasteiger charge is -2.15. The standard InChI is InChI=1S/C21H19ClN2O/c22-15-6-5-7-16(12-15)23-13-17(25)14-24-20-10-3-1-8-18(20)19-9-2-4-11-21(19)24/h1-12,17,23,25H,13-14H2/t17-/m0/s1. The summed E-state index contributed by atoms with van der Waals surface area (Å²) in [5.41, 5.74) is 3.20. The SMILES string of the molecule is O[C@@H](CNc1cccc(Cl)c1)Cn1c2ccccc2c2ccccc21. The molecule has 1 heterocycles. The van der Waals surface area contributed by atoms with Crippen LogP contribution in [0.1, 0.15) is 0 Å². The van der Waals surface area contributed by atoms with Gasteiger partial charge in [0, 0.05) is 39.1 Å². The summed E-state index contributed by atoms with van der Waals surface area (Å²) in [4.78, 5) is 0. The molecule has 0 bridgehead atoms. The average molecular weight is 351 g/mol. The lowest BCUT2D eigenvalue weighted by Crippen LogP contribution is -2.24. The lowest BCUT2D eigenvalue weighted by molar-refractivity contribution is 0.169. The van der Waals surface area contributed by atoms with Crippen molar-refractivity contribution in [1.82, 2.24) is 4.57 Å². The van der Waals surface area contributed by atoms with E-state index in [9.17, 15) is 5.11 Å². The molecule has 25 heavy (non-hydrogen) atoms. The summed E-state index contributed by atoms with van der Waals surface area (Å²) in [7, 11) is 0. The number of halogens is 1. The molecule has 0 aliphatic rings. The number of hydrogen-bond acceptors (Lipinski definition) is 2. The smallest absolute Gasteiger partial charge is 0.0891 e. The van der Waals surface area contributed by atoms with E-state index in [2.05, 4.69) is 46.3 Å². The van der Waals surface area contributed by atoms with Crippen molar-refractivity contribution >= 4 is 39.1 Å². The highest BCUT2D eigenvalue weighted by Gasteiger charge is 2.13. The Hall–Kier alpha value is -2.49. The van der Waals surface area contributed by atoms with Crippen molar-refractivity contribution < 1.29 is 5.11 Å². The fourth-order valence-corrected chi connectivity index (χ4v) is 3.50. The Balaban J connectivity index is 1.59. The second kappa shape index (κ2) is 6.79. The van der Waals surface area contributed by atoms with Crippen molar-refractivity contribution in [3.8, 4) is 0 Å². The van der Waals surface area contributed by atoms with E-state index in [1.54, 1.807) is 0 Å². The molecule has 4 heteroatoms. The van der Waals surface area contributed by atoms with Crippen LogP contribution in [0.2, 0.25) is 5.02 Å². The van der Waals surface area contributed by atoms with Crippen LogP contribution in [0.25, 0.3) is 21.8 Å². The molecular formula is C21H19ClN2O. The maximum Gasteiger partial charge on any atom is 0.0891 e. The Morgan fingerprint density at radius 3 is 2.16 bits per heavy atom. The maximum absolute atomic E-state index is 10.6. The average Bonchev–Trinajstić information content (AvgIpc) is 2.95. The number of aliphatic hydroxyl groups is 1. The normalized spacial score (nSPS) is 12.6. The van der Waals surface area contributed by atoms with Crippen molar-refractivity contribution in [2.24, 2.45) is 0 Å². The first-order chi connectivity index (χ1) is 12.2. The first kappa shape index (κ1) is 16.0. The van der Waals surface area contributed by atoms with Crippen LogP contribution in [-0.2, 0) is 6.54 Å². The Morgan fingerprint density at radius 2 is 1.52 bits per heavy atom. The molecule has 0 aliphatic heterocycles. The Bertz CT molecular complexity index is 971. The highest BCUT2D eigenvalue weighted by atomic mass is 35.5. The van der Waals surface area contributed by atoms with E-state index in [4.69, 9.17) is 11.6 Å². The molecule has 3 aromatic carbocycles. The zero-order valence-corrected chi connectivity index (χ0v) is 14.4. The molecule has 126 valence electrons. The van der Waals surface area contributed by atoms with E-state index in [-0.39, 0.29) is 0 Å². The van der Waals surface area contributed by atoms with E-state index in [0.717, 1.165) is 16.7 Å². The van der Waals surface area contributed by atoms with Gasteiger partial charge in [-0.2, -0.15) is 0 Å². The summed E-state index contributed by atoms with van der Waals surface area (Å²) < 4.78 is 2.19. The fourth-order valence-electron chi connectivity index (χ4n) is 3.31. The van der Waals surface area contributed by atoms with Gasteiger partial charge in [0.1, 0.15) is 0 Å². The molecule has 3 nitrogen and oxygen atoms in total. The summed E-state index contributed by atoms with van der Waals surface area (Å²) in [6.45, 7) is 0.989. The van der Waals surface area contributed by atoms with Crippen LogP contribution < -0.4 is 5.32 Å². The minimum Gasteiger partial charge on any atom is -0.389 e. The summed E-state index contributed by atoms with van der Waals surface area (Å²) in [6, 6.07) is 24.2. The van der Waals surface area contributed by atoms with Gasteiger partial charge in [-0.3, -0.25) is 0 Å². The van der Waals surface area contributed by atoms with Crippen LogP contribution in [0.4, 0.5) is 5.69 Å². The van der Waals surface area contributed by atoms with Gasteiger partial charge in [-0.1, -0.05) is 54.1 Å². The van der Waals surface area contributed by atoms with Crippen molar-refractivity contribution in [3.63, 3.8) is 0 Å². The number of hydrogen-bond donors (Lipinski definition) is 2. The van der Waals surface area contributed by atoms with Gasteiger partial charge in [-0.05, 0) is 30.3 Å². The van der Waals surface area contributed by atoms with E-state index >= 15 is 0 Å². The lowest BCUT2D eigenvalue weighted by atomic mass is 10.2. The number of fused-ring (bicyclic) bond motifs is 3. The molecule has 0 aliphatic carbocycles. The van der Waals surface area contributed by atoms with Crippen LogP contribution >= 0.6 is 11.6 Å². The molecule has 1 atom stereocenters. The number of aliphatic hydroxyl groups excluding tert-OH is 1. The van der Waals surface area contributed by atoms with E-state index in [0.29, 0.717) is 18.1 Å². The molecular weight excluding hydrogens is 332 g/mol. The van der Waals surface area contributed by atoms with Crippen LogP contribution in [-0.4, -0.2) is 22.3 Å². The maximum atomic E-state index is 10.6. The molecule has 0 spiro atoms.